The van der Waals surface area contributed by atoms with Crippen LogP contribution in [0.4, 0.5) is 0 Å². The molecule has 0 aliphatic heterocycles. The van der Waals surface area contributed by atoms with Crippen molar-refractivity contribution in [2.24, 2.45) is 40.9 Å². The maximum absolute atomic E-state index is 4.03. The fourth-order valence-corrected chi connectivity index (χ4v) is 6.55. The molecule has 128 valence electrons. The molecule has 0 bridgehead atoms. The molecule has 0 saturated heterocycles. The molecule has 0 aromatic heterocycles. The summed E-state index contributed by atoms with van der Waals surface area (Å²) in [5.74, 6) is 4.52. The Hall–Kier alpha value is -1.30. The summed E-state index contributed by atoms with van der Waals surface area (Å²) in [6.45, 7) is 6.66. The molecule has 4 aliphatic rings. The van der Waals surface area contributed by atoms with Crippen LogP contribution in [-0.4, -0.2) is 0 Å². The molecule has 24 heavy (non-hydrogen) atoms. The molecule has 2 fully saturated rings. The summed E-state index contributed by atoms with van der Waals surface area (Å²) >= 11 is 0. The van der Waals surface area contributed by atoms with Crippen molar-refractivity contribution in [3.8, 4) is 0 Å². The van der Waals surface area contributed by atoms with Gasteiger partial charge in [0.1, 0.15) is 0 Å². The van der Waals surface area contributed by atoms with E-state index in [4.69, 9.17) is 0 Å². The summed E-state index contributed by atoms with van der Waals surface area (Å²) in [5.41, 5.74) is 0.443. The van der Waals surface area contributed by atoms with Crippen molar-refractivity contribution in [3.05, 3.63) is 61.3 Å². The van der Waals surface area contributed by atoms with Gasteiger partial charge in [0.2, 0.25) is 0 Å². The minimum atomic E-state index is 0.443. The summed E-state index contributed by atoms with van der Waals surface area (Å²) in [6.07, 6.45) is 29.6. The Kier molecular flexibility index (Phi) is 4.41. The molecule has 0 N–H and O–H groups in total. The third kappa shape index (κ3) is 2.50. The smallest absolute Gasteiger partial charge is 0.00954 e. The number of hydrogen-bond acceptors (Lipinski definition) is 0. The zero-order chi connectivity index (χ0) is 16.6. The standard InChI is InChI=1S/C24H32/c1-3-4-17-24(2,18-11-5-6-12-18)23-21-15-9-7-13-19(21)20-14-8-10-16-22(20)23/h3,7-10,13-16,18-23H,1,4-6,11-12,17H2,2H3. The van der Waals surface area contributed by atoms with Gasteiger partial charge >= 0.3 is 0 Å². The van der Waals surface area contributed by atoms with Crippen molar-refractivity contribution < 1.29 is 0 Å². The highest BCUT2D eigenvalue weighted by atomic mass is 14.6. The van der Waals surface area contributed by atoms with Gasteiger partial charge in [-0.1, -0.05) is 74.4 Å². The molecule has 0 heteroatoms. The summed E-state index contributed by atoms with van der Waals surface area (Å²) in [7, 11) is 0. The number of fused-ring (bicyclic) bond motifs is 3. The Balaban J connectivity index is 1.73. The zero-order valence-corrected chi connectivity index (χ0v) is 15.1. The highest BCUT2D eigenvalue weighted by molar-refractivity contribution is 5.30. The number of allylic oxidation sites excluding steroid dienone is 9. The molecular formula is C24H32. The highest BCUT2D eigenvalue weighted by Crippen LogP contribution is 2.62. The Morgan fingerprint density at radius 2 is 1.38 bits per heavy atom. The Morgan fingerprint density at radius 1 is 0.875 bits per heavy atom. The van der Waals surface area contributed by atoms with Crippen LogP contribution in [0.3, 0.4) is 0 Å². The van der Waals surface area contributed by atoms with Gasteiger partial charge in [0, 0.05) is 0 Å². The molecule has 0 aromatic rings. The van der Waals surface area contributed by atoms with E-state index in [0.29, 0.717) is 29.1 Å². The largest absolute Gasteiger partial charge is 0.103 e. The predicted molar refractivity (Wildman–Crippen MR) is 104 cm³/mol. The molecule has 0 heterocycles. The van der Waals surface area contributed by atoms with E-state index in [0.717, 1.165) is 18.3 Å². The first-order valence-corrected chi connectivity index (χ1v) is 10.1. The van der Waals surface area contributed by atoms with Crippen LogP contribution in [0.25, 0.3) is 0 Å². The predicted octanol–water partition coefficient (Wildman–Crippen LogP) is 6.50. The van der Waals surface area contributed by atoms with Gasteiger partial charge in [-0.15, -0.1) is 6.58 Å². The van der Waals surface area contributed by atoms with Gasteiger partial charge in [-0.3, -0.25) is 0 Å². The number of rotatable bonds is 5. The van der Waals surface area contributed by atoms with Gasteiger partial charge in [-0.05, 0) is 66.6 Å². The Morgan fingerprint density at radius 3 is 1.88 bits per heavy atom. The van der Waals surface area contributed by atoms with E-state index in [1.807, 2.05) is 0 Å². The lowest BCUT2D eigenvalue weighted by Gasteiger charge is -2.46. The van der Waals surface area contributed by atoms with Crippen LogP contribution in [0, 0.1) is 40.9 Å². The second-order valence-corrected chi connectivity index (χ2v) is 8.69. The van der Waals surface area contributed by atoms with Crippen molar-refractivity contribution in [1.82, 2.24) is 0 Å². The van der Waals surface area contributed by atoms with Crippen molar-refractivity contribution >= 4 is 0 Å². The van der Waals surface area contributed by atoms with Crippen LogP contribution in [0.15, 0.2) is 61.3 Å². The summed E-state index contributed by atoms with van der Waals surface area (Å²) in [6, 6.07) is 0. The maximum Gasteiger partial charge on any atom is -0.00954 e. The summed E-state index contributed by atoms with van der Waals surface area (Å²) in [5, 5.41) is 0. The van der Waals surface area contributed by atoms with Crippen LogP contribution < -0.4 is 0 Å². The third-order valence-electron chi connectivity index (χ3n) is 7.65. The Bertz CT molecular complexity index is 549. The SMILES string of the molecule is C=CCCC(C)(C1CCCC1)C1C2C=CC=CC2C2C=CC=CC21. The first-order valence-electron chi connectivity index (χ1n) is 10.1. The van der Waals surface area contributed by atoms with E-state index in [2.05, 4.69) is 68.2 Å². The summed E-state index contributed by atoms with van der Waals surface area (Å²) < 4.78 is 0. The van der Waals surface area contributed by atoms with Crippen LogP contribution in [0.5, 0.6) is 0 Å². The van der Waals surface area contributed by atoms with E-state index < -0.39 is 0 Å². The molecule has 4 rings (SSSR count). The molecule has 0 aromatic carbocycles. The fraction of sp³-hybridized carbons (Fsp3) is 0.583. The van der Waals surface area contributed by atoms with E-state index >= 15 is 0 Å². The molecule has 5 atom stereocenters. The second-order valence-electron chi connectivity index (χ2n) is 8.69. The Labute approximate surface area is 148 Å². The van der Waals surface area contributed by atoms with E-state index in [1.54, 1.807) is 0 Å². The average molecular weight is 321 g/mol. The van der Waals surface area contributed by atoms with Crippen molar-refractivity contribution in [2.45, 2.75) is 45.4 Å². The fourth-order valence-electron chi connectivity index (χ4n) is 6.55. The zero-order valence-electron chi connectivity index (χ0n) is 15.1. The molecule has 0 amide bonds. The van der Waals surface area contributed by atoms with Gasteiger partial charge in [0.05, 0.1) is 0 Å². The molecular weight excluding hydrogens is 288 g/mol. The van der Waals surface area contributed by atoms with Crippen LogP contribution in [0.2, 0.25) is 0 Å². The van der Waals surface area contributed by atoms with Crippen LogP contribution in [0.1, 0.15) is 45.4 Å². The van der Waals surface area contributed by atoms with Crippen LogP contribution >= 0.6 is 0 Å². The van der Waals surface area contributed by atoms with Gasteiger partial charge in [-0.25, -0.2) is 0 Å². The quantitative estimate of drug-likeness (QED) is 0.507. The topological polar surface area (TPSA) is 0 Å². The van der Waals surface area contributed by atoms with E-state index in [9.17, 15) is 0 Å². The lowest BCUT2D eigenvalue weighted by molar-refractivity contribution is 0.0459. The van der Waals surface area contributed by atoms with Crippen LogP contribution in [-0.2, 0) is 0 Å². The van der Waals surface area contributed by atoms with Crippen molar-refractivity contribution in [3.63, 3.8) is 0 Å². The lowest BCUT2D eigenvalue weighted by atomic mass is 9.58. The highest BCUT2D eigenvalue weighted by Gasteiger charge is 2.55. The average Bonchev–Trinajstić information content (AvgIpc) is 3.26. The minimum absolute atomic E-state index is 0.443. The molecule has 0 radical (unpaired) electrons. The molecule has 0 spiro atoms. The van der Waals surface area contributed by atoms with E-state index in [1.165, 1.54) is 32.1 Å². The van der Waals surface area contributed by atoms with Gasteiger partial charge < -0.3 is 0 Å². The third-order valence-corrected chi connectivity index (χ3v) is 7.65. The minimum Gasteiger partial charge on any atom is -0.103 e. The first kappa shape index (κ1) is 16.2. The van der Waals surface area contributed by atoms with Crippen molar-refractivity contribution in [1.29, 1.82) is 0 Å². The van der Waals surface area contributed by atoms with E-state index in [-0.39, 0.29) is 0 Å². The summed E-state index contributed by atoms with van der Waals surface area (Å²) in [4.78, 5) is 0. The maximum atomic E-state index is 4.03. The first-order chi connectivity index (χ1) is 11.8. The second kappa shape index (κ2) is 6.54. The van der Waals surface area contributed by atoms with Gasteiger partial charge in [-0.2, -0.15) is 0 Å². The molecule has 4 aliphatic carbocycles. The lowest BCUT2D eigenvalue weighted by Crippen LogP contribution is -2.40. The number of hydrogen-bond donors (Lipinski definition) is 0. The molecule has 2 saturated carbocycles. The normalized spacial score (nSPS) is 39.6. The monoisotopic (exact) mass is 320 g/mol. The molecule has 0 nitrogen and oxygen atoms in total. The molecule has 5 unspecified atom stereocenters. The van der Waals surface area contributed by atoms with Gasteiger partial charge in [0.25, 0.3) is 0 Å². The van der Waals surface area contributed by atoms with Crippen molar-refractivity contribution in [2.75, 3.05) is 0 Å². The van der Waals surface area contributed by atoms with Gasteiger partial charge in [0.15, 0.2) is 0 Å².